The Bertz CT molecular complexity index is 204. The van der Waals surface area contributed by atoms with Gasteiger partial charge in [-0.05, 0) is 50.6 Å². The van der Waals surface area contributed by atoms with E-state index in [1.165, 1.54) is 38.8 Å². The van der Waals surface area contributed by atoms with Gasteiger partial charge < -0.3 is 15.4 Å². The predicted octanol–water partition coefficient (Wildman–Crippen LogP) is 1.47. The maximum Gasteiger partial charge on any atom is 0.0702 e. The van der Waals surface area contributed by atoms with Gasteiger partial charge in [0.1, 0.15) is 0 Å². The molecule has 2 rings (SSSR count). The molecule has 0 bridgehead atoms. The Balaban J connectivity index is 1.76. The summed E-state index contributed by atoms with van der Waals surface area (Å²) in [6, 6.07) is 0. The fourth-order valence-electron chi connectivity index (χ4n) is 2.94. The van der Waals surface area contributed by atoms with E-state index in [4.69, 9.17) is 10.5 Å². The normalized spacial score (nSPS) is 37.5. The molecule has 2 aliphatic rings. The van der Waals surface area contributed by atoms with Crippen molar-refractivity contribution in [2.45, 2.75) is 38.7 Å². The molecule has 3 nitrogen and oxygen atoms in total. The number of nitrogens with two attached hydrogens (primary N) is 1. The number of rotatable bonds is 3. The molecule has 0 aromatic heterocycles. The van der Waals surface area contributed by atoms with E-state index >= 15 is 0 Å². The van der Waals surface area contributed by atoms with Gasteiger partial charge in [0.05, 0.1) is 6.10 Å². The summed E-state index contributed by atoms with van der Waals surface area (Å²) in [4.78, 5) is 2.56. The van der Waals surface area contributed by atoms with Crippen LogP contribution in [0.15, 0.2) is 0 Å². The summed E-state index contributed by atoms with van der Waals surface area (Å²) in [5.41, 5.74) is 5.83. The predicted molar refractivity (Wildman–Crippen MR) is 66.4 cm³/mol. The highest BCUT2D eigenvalue weighted by atomic mass is 16.5. The molecule has 3 unspecified atom stereocenters. The van der Waals surface area contributed by atoms with E-state index < -0.39 is 0 Å². The lowest BCUT2D eigenvalue weighted by Gasteiger charge is -2.38. The smallest absolute Gasteiger partial charge is 0.0702 e. The summed E-state index contributed by atoms with van der Waals surface area (Å²) >= 11 is 0. The van der Waals surface area contributed by atoms with Crippen LogP contribution in [-0.4, -0.2) is 43.8 Å². The summed E-state index contributed by atoms with van der Waals surface area (Å²) in [6.07, 6.45) is 5.63. The molecule has 94 valence electrons. The first-order valence-corrected chi connectivity index (χ1v) is 6.83. The molecule has 2 heterocycles. The first-order chi connectivity index (χ1) is 7.79. The summed E-state index contributed by atoms with van der Waals surface area (Å²) in [5, 5.41) is 0. The van der Waals surface area contributed by atoms with Crippen molar-refractivity contribution in [3.8, 4) is 0 Å². The molecule has 0 radical (unpaired) electrons. The second-order valence-corrected chi connectivity index (χ2v) is 5.51. The van der Waals surface area contributed by atoms with Crippen molar-refractivity contribution in [3.63, 3.8) is 0 Å². The number of ether oxygens (including phenoxy) is 1. The van der Waals surface area contributed by atoms with E-state index in [0.717, 1.165) is 25.6 Å². The van der Waals surface area contributed by atoms with Gasteiger partial charge in [-0.25, -0.2) is 0 Å². The monoisotopic (exact) mass is 226 g/mol. The van der Waals surface area contributed by atoms with Crippen molar-refractivity contribution < 1.29 is 4.74 Å². The van der Waals surface area contributed by atoms with E-state index in [9.17, 15) is 0 Å². The molecule has 0 aromatic rings. The van der Waals surface area contributed by atoms with E-state index in [2.05, 4.69) is 11.8 Å². The molecular formula is C13H26N2O. The van der Waals surface area contributed by atoms with Gasteiger partial charge in [-0.2, -0.15) is 0 Å². The third-order valence-corrected chi connectivity index (χ3v) is 4.24. The Morgan fingerprint density at radius 2 is 2.19 bits per heavy atom. The largest absolute Gasteiger partial charge is 0.377 e. The maximum absolute atomic E-state index is 5.83. The summed E-state index contributed by atoms with van der Waals surface area (Å²) in [7, 11) is 0. The fourth-order valence-corrected chi connectivity index (χ4v) is 2.94. The summed E-state index contributed by atoms with van der Waals surface area (Å²) < 4.78 is 5.80. The Labute approximate surface area is 99.3 Å². The quantitative estimate of drug-likeness (QED) is 0.792. The van der Waals surface area contributed by atoms with Crippen molar-refractivity contribution in [2.75, 3.05) is 32.8 Å². The molecule has 0 aromatic carbocycles. The van der Waals surface area contributed by atoms with Crippen LogP contribution in [0.4, 0.5) is 0 Å². The maximum atomic E-state index is 5.83. The van der Waals surface area contributed by atoms with Crippen molar-refractivity contribution in [3.05, 3.63) is 0 Å². The molecule has 2 fully saturated rings. The Morgan fingerprint density at radius 3 is 2.88 bits per heavy atom. The standard InChI is InChI=1S/C13H26N2O/c1-11-5-6-15(9-12(11)8-14)10-13-4-2-3-7-16-13/h11-13H,2-10,14H2,1H3. The summed E-state index contributed by atoms with van der Waals surface area (Å²) in [6.45, 7) is 7.68. The van der Waals surface area contributed by atoms with E-state index in [-0.39, 0.29) is 0 Å². The topological polar surface area (TPSA) is 38.5 Å². The van der Waals surface area contributed by atoms with Gasteiger partial charge in [-0.15, -0.1) is 0 Å². The van der Waals surface area contributed by atoms with Crippen LogP contribution in [0.3, 0.4) is 0 Å². The van der Waals surface area contributed by atoms with Crippen LogP contribution in [0, 0.1) is 11.8 Å². The molecule has 3 atom stereocenters. The number of hydrogen-bond acceptors (Lipinski definition) is 3. The van der Waals surface area contributed by atoms with Gasteiger partial charge in [0.15, 0.2) is 0 Å². The Kier molecular flexibility index (Phi) is 4.62. The first-order valence-electron chi connectivity index (χ1n) is 6.83. The SMILES string of the molecule is CC1CCN(CC2CCCCO2)CC1CN. The van der Waals surface area contributed by atoms with E-state index in [1.807, 2.05) is 0 Å². The van der Waals surface area contributed by atoms with Crippen molar-refractivity contribution in [1.82, 2.24) is 4.90 Å². The van der Waals surface area contributed by atoms with Crippen molar-refractivity contribution >= 4 is 0 Å². The van der Waals surface area contributed by atoms with E-state index in [1.54, 1.807) is 0 Å². The molecule has 0 saturated carbocycles. The zero-order valence-electron chi connectivity index (χ0n) is 10.5. The van der Waals surface area contributed by atoms with Gasteiger partial charge >= 0.3 is 0 Å². The molecule has 0 spiro atoms. The Morgan fingerprint density at radius 1 is 1.31 bits per heavy atom. The Hall–Kier alpha value is -0.120. The number of nitrogens with zero attached hydrogens (tertiary/aromatic N) is 1. The minimum absolute atomic E-state index is 0.487. The second kappa shape index (κ2) is 5.99. The number of piperidine rings is 1. The molecule has 2 saturated heterocycles. The van der Waals surface area contributed by atoms with Crippen LogP contribution < -0.4 is 5.73 Å². The molecule has 2 aliphatic heterocycles. The van der Waals surface area contributed by atoms with E-state index in [0.29, 0.717) is 12.0 Å². The highest BCUT2D eigenvalue weighted by Crippen LogP contribution is 2.23. The van der Waals surface area contributed by atoms with Gasteiger partial charge in [-0.1, -0.05) is 6.92 Å². The van der Waals surface area contributed by atoms with Crippen molar-refractivity contribution in [2.24, 2.45) is 17.6 Å². The van der Waals surface area contributed by atoms with Crippen LogP contribution in [0.2, 0.25) is 0 Å². The molecule has 16 heavy (non-hydrogen) atoms. The van der Waals surface area contributed by atoms with Gasteiger partial charge in [0, 0.05) is 19.7 Å². The van der Waals surface area contributed by atoms with Crippen LogP contribution >= 0.6 is 0 Å². The fraction of sp³-hybridized carbons (Fsp3) is 1.00. The average Bonchev–Trinajstić information content (AvgIpc) is 2.33. The first kappa shape index (κ1) is 12.3. The molecule has 2 N–H and O–H groups in total. The lowest BCUT2D eigenvalue weighted by Crippen LogP contribution is -2.46. The average molecular weight is 226 g/mol. The zero-order chi connectivity index (χ0) is 11.4. The summed E-state index contributed by atoms with van der Waals surface area (Å²) in [5.74, 6) is 1.49. The van der Waals surface area contributed by atoms with Gasteiger partial charge in [0.25, 0.3) is 0 Å². The highest BCUT2D eigenvalue weighted by Gasteiger charge is 2.27. The number of hydrogen-bond donors (Lipinski definition) is 1. The minimum atomic E-state index is 0.487. The number of likely N-dealkylation sites (tertiary alicyclic amines) is 1. The van der Waals surface area contributed by atoms with Gasteiger partial charge in [0.2, 0.25) is 0 Å². The lowest BCUT2D eigenvalue weighted by atomic mass is 9.87. The molecule has 0 aliphatic carbocycles. The van der Waals surface area contributed by atoms with Crippen LogP contribution in [-0.2, 0) is 4.74 Å². The third-order valence-electron chi connectivity index (χ3n) is 4.24. The van der Waals surface area contributed by atoms with Crippen LogP contribution in [0.5, 0.6) is 0 Å². The third kappa shape index (κ3) is 3.19. The molecule has 0 amide bonds. The molecular weight excluding hydrogens is 200 g/mol. The van der Waals surface area contributed by atoms with Crippen molar-refractivity contribution in [1.29, 1.82) is 0 Å². The highest BCUT2D eigenvalue weighted by molar-refractivity contribution is 4.80. The minimum Gasteiger partial charge on any atom is -0.377 e. The second-order valence-electron chi connectivity index (χ2n) is 5.51. The van der Waals surface area contributed by atoms with Gasteiger partial charge in [-0.3, -0.25) is 0 Å². The van der Waals surface area contributed by atoms with Crippen LogP contribution in [0.25, 0.3) is 0 Å². The zero-order valence-corrected chi connectivity index (χ0v) is 10.5. The molecule has 3 heteroatoms. The van der Waals surface area contributed by atoms with Crippen LogP contribution in [0.1, 0.15) is 32.6 Å². The lowest BCUT2D eigenvalue weighted by molar-refractivity contribution is -0.0164.